The van der Waals surface area contributed by atoms with E-state index in [4.69, 9.17) is 54.5 Å². The Labute approximate surface area is 354 Å². The lowest BCUT2D eigenvalue weighted by Gasteiger charge is -2.17. The molecule has 6 N–H and O–H groups in total. The maximum absolute atomic E-state index is 11.7. The number of carboxylic acids is 2. The second-order valence-electron chi connectivity index (χ2n) is 14.0. The number of nitrogens with one attached hydrogen (secondary N) is 4. The first kappa shape index (κ1) is 47.2. The lowest BCUT2D eigenvalue weighted by Crippen LogP contribution is -2.16. The van der Waals surface area contributed by atoms with Gasteiger partial charge in [0.1, 0.15) is 31.8 Å². The molecule has 4 rings (SSSR count). The van der Waals surface area contributed by atoms with Crippen molar-refractivity contribution in [2.45, 2.75) is 99.4 Å². The monoisotopic (exact) mass is 856 g/mol. The first-order valence-electron chi connectivity index (χ1n) is 18.7. The van der Waals surface area contributed by atoms with Crippen LogP contribution in [-0.2, 0) is 32.4 Å². The van der Waals surface area contributed by atoms with Crippen molar-refractivity contribution >= 4 is 81.3 Å². The lowest BCUT2D eigenvalue weighted by molar-refractivity contribution is -0.141. The number of anilines is 4. The maximum atomic E-state index is 11.7. The number of rotatable bonds is 18. The van der Waals surface area contributed by atoms with Gasteiger partial charge in [-0.25, -0.2) is 0 Å². The second kappa shape index (κ2) is 22.7. The number of carboxylic acid groups (broad SMARTS) is 2. The molecule has 0 aliphatic heterocycles. The summed E-state index contributed by atoms with van der Waals surface area (Å²) in [6, 6.07) is 19.0. The van der Waals surface area contributed by atoms with E-state index in [0.29, 0.717) is 40.8 Å². The van der Waals surface area contributed by atoms with Crippen molar-refractivity contribution in [3.8, 4) is 11.5 Å². The molecule has 4 aromatic carbocycles. The number of aryl methyl sites for hydroxylation is 3. The lowest BCUT2D eigenvalue weighted by atomic mass is 10.1. The van der Waals surface area contributed by atoms with E-state index in [1.54, 1.807) is 12.1 Å². The van der Waals surface area contributed by atoms with Crippen LogP contribution < -0.4 is 30.7 Å². The Bertz CT molecular complexity index is 1900. The molecule has 312 valence electrons. The number of amides is 2. The molecule has 0 saturated heterocycles. The smallest absolute Gasteiger partial charge is 0.312 e. The normalized spacial score (nSPS) is 11.6. The van der Waals surface area contributed by atoms with Gasteiger partial charge in [0.25, 0.3) is 0 Å². The third-order valence-electron chi connectivity index (χ3n) is 8.56. The standard InChI is InChI=1S/C22H27ClN2O4.C21H24Cl2N2O4/c1-5-15(4)24-19-9-16(8-17(23)10-19)12-29-22-13(2)6-18(7-14(22)3)25-20(26)11-21(27)28;1-4-13(3)24-15-6-12(2)5-14(7-15)11-29-21-17(22)8-16(9-18(21)23)25-19(26)10-20(27)28/h6-10,15,24H,5,11-12H2,1-4H3,(H,25,26)(H,27,28);5-9,13,24H,4,10-11H2,1-3H3,(H,25,26)(H,27,28). The van der Waals surface area contributed by atoms with E-state index in [1.807, 2.05) is 51.1 Å². The summed E-state index contributed by atoms with van der Waals surface area (Å²) >= 11 is 18.8. The Balaban J connectivity index is 0.000000310. The topological polar surface area (TPSA) is 175 Å². The van der Waals surface area contributed by atoms with E-state index in [0.717, 1.165) is 57.8 Å². The van der Waals surface area contributed by atoms with Gasteiger partial charge < -0.3 is 41.0 Å². The highest BCUT2D eigenvalue weighted by Gasteiger charge is 2.15. The van der Waals surface area contributed by atoms with Gasteiger partial charge in [-0.3, -0.25) is 19.2 Å². The Kier molecular flexibility index (Phi) is 18.5. The average Bonchev–Trinajstić information content (AvgIpc) is 3.09. The predicted octanol–water partition coefficient (Wildman–Crippen LogP) is 10.7. The van der Waals surface area contributed by atoms with Crippen LogP contribution in [0.25, 0.3) is 0 Å². The molecular weight excluding hydrogens is 807 g/mol. The van der Waals surface area contributed by atoms with Crippen molar-refractivity contribution < 1.29 is 38.9 Å². The number of aliphatic carboxylic acids is 2. The number of hydrogen-bond acceptors (Lipinski definition) is 8. The SMILES string of the molecule is CCC(C)Nc1cc(C)cc(COc2c(Cl)cc(NC(=O)CC(=O)O)cc2Cl)c1.CCC(C)Nc1cc(Cl)cc(COc2c(C)cc(NC(=O)CC(=O)O)cc2C)c1. The number of carbonyl (C=O) groups is 4. The number of benzene rings is 4. The summed E-state index contributed by atoms with van der Waals surface area (Å²) in [7, 11) is 0. The third kappa shape index (κ3) is 16.0. The van der Waals surface area contributed by atoms with Crippen LogP contribution in [0.2, 0.25) is 15.1 Å². The van der Waals surface area contributed by atoms with Crippen LogP contribution in [0, 0.1) is 20.8 Å². The molecule has 0 radical (unpaired) electrons. The first-order chi connectivity index (χ1) is 27.3. The van der Waals surface area contributed by atoms with Gasteiger partial charge in [0.2, 0.25) is 11.8 Å². The minimum absolute atomic E-state index is 0.216. The van der Waals surface area contributed by atoms with Gasteiger partial charge in [0, 0.05) is 39.9 Å². The number of carbonyl (C=O) groups excluding carboxylic acids is 2. The van der Waals surface area contributed by atoms with E-state index in [9.17, 15) is 19.2 Å². The van der Waals surface area contributed by atoms with Crippen molar-refractivity contribution in [2.24, 2.45) is 0 Å². The maximum Gasteiger partial charge on any atom is 0.312 e. The predicted molar refractivity (Wildman–Crippen MR) is 232 cm³/mol. The molecule has 58 heavy (non-hydrogen) atoms. The van der Waals surface area contributed by atoms with Gasteiger partial charge in [0.15, 0.2) is 5.75 Å². The zero-order valence-corrected chi connectivity index (χ0v) is 35.9. The van der Waals surface area contributed by atoms with E-state index in [-0.39, 0.29) is 16.7 Å². The Hall–Kier alpha value is -5.17. The summed E-state index contributed by atoms with van der Waals surface area (Å²) in [5, 5.41) is 30.3. The summed E-state index contributed by atoms with van der Waals surface area (Å²) < 4.78 is 11.8. The quantitative estimate of drug-likeness (QED) is 0.0528. The van der Waals surface area contributed by atoms with Crippen LogP contribution >= 0.6 is 34.8 Å². The average molecular weight is 858 g/mol. The summed E-state index contributed by atoms with van der Waals surface area (Å²) in [5.74, 6) is -2.61. The van der Waals surface area contributed by atoms with Crippen LogP contribution in [0.4, 0.5) is 22.7 Å². The molecule has 0 aromatic heterocycles. The van der Waals surface area contributed by atoms with E-state index < -0.39 is 36.6 Å². The Morgan fingerprint density at radius 3 is 1.48 bits per heavy atom. The van der Waals surface area contributed by atoms with Crippen LogP contribution in [0.1, 0.15) is 81.2 Å². The molecule has 0 aliphatic rings. The highest BCUT2D eigenvalue weighted by Crippen LogP contribution is 2.37. The van der Waals surface area contributed by atoms with E-state index >= 15 is 0 Å². The molecule has 12 nitrogen and oxygen atoms in total. The van der Waals surface area contributed by atoms with Crippen LogP contribution in [0.5, 0.6) is 11.5 Å². The molecule has 0 fully saturated rings. The third-order valence-corrected chi connectivity index (χ3v) is 9.34. The van der Waals surface area contributed by atoms with Crippen molar-refractivity contribution in [1.82, 2.24) is 0 Å². The van der Waals surface area contributed by atoms with E-state index in [1.165, 1.54) is 12.1 Å². The largest absolute Gasteiger partial charge is 0.488 e. The summed E-state index contributed by atoms with van der Waals surface area (Å²) in [4.78, 5) is 44.5. The van der Waals surface area contributed by atoms with Crippen molar-refractivity contribution in [3.63, 3.8) is 0 Å². The van der Waals surface area contributed by atoms with Crippen molar-refractivity contribution in [1.29, 1.82) is 0 Å². The minimum atomic E-state index is -1.22. The molecular formula is C43H51Cl3N4O8. The van der Waals surface area contributed by atoms with Crippen molar-refractivity contribution in [3.05, 3.63) is 104 Å². The summed E-state index contributed by atoms with van der Waals surface area (Å²) in [6.07, 6.45) is 0.804. The molecule has 2 atom stereocenters. The molecule has 4 aromatic rings. The minimum Gasteiger partial charge on any atom is -0.488 e. The second-order valence-corrected chi connectivity index (χ2v) is 15.2. The zero-order valence-electron chi connectivity index (χ0n) is 33.6. The number of halogens is 3. The fraction of sp³-hybridized carbons (Fsp3) is 0.349. The van der Waals surface area contributed by atoms with Gasteiger partial charge in [-0.05, 0) is 130 Å². The number of hydrogen-bond donors (Lipinski definition) is 6. The van der Waals surface area contributed by atoms with Gasteiger partial charge in [0.05, 0.1) is 10.0 Å². The fourth-order valence-electron chi connectivity index (χ4n) is 5.64. The van der Waals surface area contributed by atoms with Crippen molar-refractivity contribution in [2.75, 3.05) is 21.3 Å². The molecule has 0 aliphatic carbocycles. The van der Waals surface area contributed by atoms with E-state index in [2.05, 4.69) is 55.0 Å². The molecule has 0 spiro atoms. The molecule has 0 saturated carbocycles. The van der Waals surface area contributed by atoms with Crippen LogP contribution in [-0.4, -0.2) is 46.0 Å². The van der Waals surface area contributed by atoms with Gasteiger partial charge >= 0.3 is 11.9 Å². The van der Waals surface area contributed by atoms with Gasteiger partial charge in [-0.1, -0.05) is 54.7 Å². The molecule has 15 heteroatoms. The van der Waals surface area contributed by atoms with Crippen LogP contribution in [0.3, 0.4) is 0 Å². The Morgan fingerprint density at radius 2 is 1.02 bits per heavy atom. The molecule has 0 heterocycles. The molecule has 2 unspecified atom stereocenters. The highest BCUT2D eigenvalue weighted by molar-refractivity contribution is 6.37. The van der Waals surface area contributed by atoms with Crippen LogP contribution in [0.15, 0.2) is 60.7 Å². The summed E-state index contributed by atoms with van der Waals surface area (Å²) in [5.41, 5.74) is 7.51. The highest BCUT2D eigenvalue weighted by atomic mass is 35.5. The summed E-state index contributed by atoms with van der Waals surface area (Å²) in [6.45, 7) is 14.9. The van der Waals surface area contributed by atoms with Gasteiger partial charge in [-0.2, -0.15) is 0 Å². The zero-order chi connectivity index (χ0) is 43.1. The fourth-order valence-corrected chi connectivity index (χ4v) is 6.49. The molecule has 0 bridgehead atoms. The van der Waals surface area contributed by atoms with Gasteiger partial charge in [-0.15, -0.1) is 0 Å². The first-order valence-corrected chi connectivity index (χ1v) is 19.8. The number of ether oxygens (including phenoxy) is 2. The Morgan fingerprint density at radius 1 is 0.586 bits per heavy atom. The molecule has 2 amide bonds.